The molecule has 2 aliphatic heterocycles. The number of hydrogen-bond donors (Lipinski definition) is 0. The summed E-state index contributed by atoms with van der Waals surface area (Å²) in [6, 6.07) is 1.96. The molecule has 0 radical (unpaired) electrons. The number of anilines is 1. The number of alkyl halides is 3. The maximum Gasteiger partial charge on any atom is 0.416 e. The smallest absolute Gasteiger partial charge is 0.365 e. The Morgan fingerprint density at radius 1 is 1.26 bits per heavy atom. The van der Waals surface area contributed by atoms with Gasteiger partial charge in [-0.05, 0) is 25.0 Å². The van der Waals surface area contributed by atoms with Crippen LogP contribution in [0.25, 0.3) is 0 Å². The Bertz CT molecular complexity index is 573. The molecule has 3 heterocycles. The summed E-state index contributed by atoms with van der Waals surface area (Å²) >= 11 is 0. The van der Waals surface area contributed by atoms with Crippen molar-refractivity contribution in [2.75, 3.05) is 37.7 Å². The first kappa shape index (κ1) is 16.0. The fourth-order valence-corrected chi connectivity index (χ4v) is 2.92. The summed E-state index contributed by atoms with van der Waals surface area (Å²) < 4.78 is 44.0. The number of hydrogen-bond acceptors (Lipinski definition) is 4. The average molecular weight is 329 g/mol. The largest absolute Gasteiger partial charge is 0.416 e. The number of ether oxygens (including phenoxy) is 1. The Kier molecular flexibility index (Phi) is 4.43. The van der Waals surface area contributed by atoms with Crippen LogP contribution in [0.5, 0.6) is 0 Å². The Hall–Kier alpha value is -1.83. The monoisotopic (exact) mass is 329 g/mol. The van der Waals surface area contributed by atoms with Crippen LogP contribution in [-0.2, 0) is 15.7 Å². The van der Waals surface area contributed by atoms with Crippen molar-refractivity contribution in [3.63, 3.8) is 0 Å². The Morgan fingerprint density at radius 3 is 2.70 bits per heavy atom. The normalized spacial score (nSPS) is 22.5. The van der Waals surface area contributed by atoms with Crippen molar-refractivity contribution in [1.82, 2.24) is 9.88 Å². The lowest BCUT2D eigenvalue weighted by Crippen LogP contribution is -2.50. The van der Waals surface area contributed by atoms with Crippen molar-refractivity contribution in [2.24, 2.45) is 0 Å². The molecule has 0 spiro atoms. The number of pyridine rings is 1. The molecule has 3 rings (SSSR count). The molecular formula is C15H18F3N3O2. The van der Waals surface area contributed by atoms with Crippen LogP contribution in [0.4, 0.5) is 19.0 Å². The third-order valence-corrected chi connectivity index (χ3v) is 4.16. The number of carbonyl (C=O) groups is 1. The number of nitrogens with zero attached hydrogens (tertiary/aromatic N) is 3. The number of rotatable bonds is 2. The average Bonchev–Trinajstić information content (AvgIpc) is 3.08. The van der Waals surface area contributed by atoms with Crippen molar-refractivity contribution >= 4 is 11.7 Å². The summed E-state index contributed by atoms with van der Waals surface area (Å²) in [6.45, 7) is 2.38. The van der Waals surface area contributed by atoms with Crippen LogP contribution in [0.1, 0.15) is 18.4 Å². The van der Waals surface area contributed by atoms with E-state index >= 15 is 0 Å². The van der Waals surface area contributed by atoms with E-state index in [2.05, 4.69) is 4.98 Å². The van der Waals surface area contributed by atoms with Crippen molar-refractivity contribution in [1.29, 1.82) is 0 Å². The zero-order valence-electron chi connectivity index (χ0n) is 12.6. The highest BCUT2D eigenvalue weighted by Crippen LogP contribution is 2.31. The molecule has 0 N–H and O–H groups in total. The van der Waals surface area contributed by atoms with Gasteiger partial charge >= 0.3 is 6.18 Å². The molecule has 5 nitrogen and oxygen atoms in total. The lowest BCUT2D eigenvalue weighted by molar-refractivity contribution is -0.143. The molecular weight excluding hydrogens is 311 g/mol. The zero-order valence-corrected chi connectivity index (χ0v) is 12.6. The van der Waals surface area contributed by atoms with Gasteiger partial charge in [0.15, 0.2) is 6.10 Å². The maximum absolute atomic E-state index is 12.8. The van der Waals surface area contributed by atoms with Gasteiger partial charge in [-0.1, -0.05) is 0 Å². The van der Waals surface area contributed by atoms with Gasteiger partial charge in [0.1, 0.15) is 5.82 Å². The topological polar surface area (TPSA) is 45.7 Å². The number of aromatic nitrogens is 1. The SMILES string of the molecule is O=C(C1CN(c2cc(C(F)(F)F)ccn2)CCO1)N1CCCC1. The van der Waals surface area contributed by atoms with Gasteiger partial charge in [-0.25, -0.2) is 4.98 Å². The van der Waals surface area contributed by atoms with E-state index in [1.807, 2.05) is 0 Å². The quantitative estimate of drug-likeness (QED) is 0.832. The van der Waals surface area contributed by atoms with E-state index in [0.717, 1.165) is 44.3 Å². The van der Waals surface area contributed by atoms with E-state index in [-0.39, 0.29) is 18.3 Å². The molecule has 2 fully saturated rings. The molecule has 126 valence electrons. The molecule has 8 heteroatoms. The maximum atomic E-state index is 12.8. The molecule has 1 atom stereocenters. The van der Waals surface area contributed by atoms with Gasteiger partial charge in [0.2, 0.25) is 0 Å². The highest BCUT2D eigenvalue weighted by molar-refractivity contribution is 5.82. The van der Waals surface area contributed by atoms with E-state index in [4.69, 9.17) is 4.74 Å². The molecule has 0 saturated carbocycles. The van der Waals surface area contributed by atoms with Crippen LogP contribution in [0.15, 0.2) is 18.3 Å². The first-order valence-corrected chi connectivity index (χ1v) is 7.64. The summed E-state index contributed by atoms with van der Waals surface area (Å²) in [5, 5.41) is 0. The number of carbonyl (C=O) groups excluding carboxylic acids is 1. The van der Waals surface area contributed by atoms with Gasteiger partial charge in [-0.15, -0.1) is 0 Å². The predicted octanol–water partition coefficient (Wildman–Crippen LogP) is 1.93. The molecule has 1 aromatic heterocycles. The second-order valence-corrected chi connectivity index (χ2v) is 5.74. The summed E-state index contributed by atoms with van der Waals surface area (Å²) in [7, 11) is 0. The van der Waals surface area contributed by atoms with Crippen LogP contribution in [0.3, 0.4) is 0 Å². The van der Waals surface area contributed by atoms with Gasteiger partial charge in [0, 0.05) is 25.8 Å². The highest BCUT2D eigenvalue weighted by atomic mass is 19.4. The lowest BCUT2D eigenvalue weighted by Gasteiger charge is -2.34. The van der Waals surface area contributed by atoms with Crippen molar-refractivity contribution < 1.29 is 22.7 Å². The highest BCUT2D eigenvalue weighted by Gasteiger charge is 2.34. The zero-order chi connectivity index (χ0) is 16.4. The van der Waals surface area contributed by atoms with E-state index in [1.54, 1.807) is 9.80 Å². The third kappa shape index (κ3) is 3.57. The van der Waals surface area contributed by atoms with Crippen LogP contribution >= 0.6 is 0 Å². The third-order valence-electron chi connectivity index (χ3n) is 4.16. The minimum atomic E-state index is -4.41. The van der Waals surface area contributed by atoms with Crippen molar-refractivity contribution in [2.45, 2.75) is 25.1 Å². The molecule has 0 bridgehead atoms. The molecule has 0 aromatic carbocycles. The number of halogens is 3. The Labute approximate surface area is 132 Å². The Balaban J connectivity index is 1.72. The van der Waals surface area contributed by atoms with Gasteiger partial charge in [-0.2, -0.15) is 13.2 Å². The second kappa shape index (κ2) is 6.35. The van der Waals surface area contributed by atoms with E-state index < -0.39 is 17.8 Å². The van der Waals surface area contributed by atoms with Gasteiger partial charge in [-0.3, -0.25) is 4.79 Å². The molecule has 2 saturated heterocycles. The van der Waals surface area contributed by atoms with Crippen LogP contribution in [0.2, 0.25) is 0 Å². The van der Waals surface area contributed by atoms with Crippen LogP contribution < -0.4 is 4.90 Å². The molecule has 2 aliphatic rings. The first-order valence-electron chi connectivity index (χ1n) is 7.64. The van der Waals surface area contributed by atoms with E-state index in [9.17, 15) is 18.0 Å². The number of morpholine rings is 1. The summed E-state index contributed by atoms with van der Waals surface area (Å²) in [4.78, 5) is 19.8. The molecule has 1 unspecified atom stereocenters. The minimum Gasteiger partial charge on any atom is -0.365 e. The van der Waals surface area contributed by atoms with Crippen molar-refractivity contribution in [3.05, 3.63) is 23.9 Å². The fraction of sp³-hybridized carbons (Fsp3) is 0.600. The minimum absolute atomic E-state index is 0.0841. The summed E-state index contributed by atoms with van der Waals surface area (Å²) in [5.74, 6) is 0.140. The second-order valence-electron chi connectivity index (χ2n) is 5.74. The number of likely N-dealkylation sites (tertiary alicyclic amines) is 1. The van der Waals surface area contributed by atoms with E-state index in [1.165, 1.54) is 0 Å². The summed E-state index contributed by atoms with van der Waals surface area (Å²) in [5.41, 5.74) is -0.739. The lowest BCUT2D eigenvalue weighted by atomic mass is 10.2. The van der Waals surface area contributed by atoms with Gasteiger partial charge in [0.25, 0.3) is 5.91 Å². The predicted molar refractivity (Wildman–Crippen MR) is 77.0 cm³/mol. The van der Waals surface area contributed by atoms with Crippen LogP contribution in [-0.4, -0.2) is 54.7 Å². The summed E-state index contributed by atoms with van der Waals surface area (Å²) in [6.07, 6.45) is -1.94. The first-order chi connectivity index (χ1) is 10.9. The van der Waals surface area contributed by atoms with Gasteiger partial charge < -0.3 is 14.5 Å². The van der Waals surface area contributed by atoms with E-state index in [0.29, 0.717) is 13.2 Å². The molecule has 0 aliphatic carbocycles. The standard InChI is InChI=1S/C15H18F3N3O2/c16-15(17,18)11-3-4-19-13(9-11)21-7-8-23-12(10-21)14(22)20-5-1-2-6-20/h3-4,9,12H,1-2,5-8,10H2. The number of amides is 1. The van der Waals surface area contributed by atoms with Crippen LogP contribution in [0, 0.1) is 0 Å². The molecule has 1 amide bonds. The molecule has 1 aromatic rings. The fourth-order valence-electron chi connectivity index (χ4n) is 2.92. The Morgan fingerprint density at radius 2 is 2.00 bits per heavy atom. The van der Waals surface area contributed by atoms with Gasteiger partial charge in [0.05, 0.1) is 18.7 Å². The molecule has 23 heavy (non-hydrogen) atoms. The van der Waals surface area contributed by atoms with Crippen molar-refractivity contribution in [3.8, 4) is 0 Å².